The Balaban J connectivity index is 2.12. The summed E-state index contributed by atoms with van der Waals surface area (Å²) in [6.07, 6.45) is 1.24. The lowest BCUT2D eigenvalue weighted by molar-refractivity contribution is -0.120. The van der Waals surface area contributed by atoms with Crippen LogP contribution in [-0.4, -0.2) is 35.7 Å². The molecule has 3 nitrogen and oxygen atoms in total. The highest BCUT2D eigenvalue weighted by molar-refractivity contribution is 9.10. The molecule has 0 aliphatic carbocycles. The third-order valence-electron chi connectivity index (χ3n) is 2.29. The summed E-state index contributed by atoms with van der Waals surface area (Å²) in [5.74, 6) is 1.89. The minimum Gasteiger partial charge on any atom is -0.396 e. The van der Waals surface area contributed by atoms with E-state index in [1.165, 1.54) is 0 Å². The maximum atomic E-state index is 11.6. The zero-order valence-electron chi connectivity index (χ0n) is 10.2. The summed E-state index contributed by atoms with van der Waals surface area (Å²) in [5.41, 5.74) is 1.02. The number of thioether (sulfide) groups is 1. The molecule has 0 radical (unpaired) electrons. The van der Waals surface area contributed by atoms with E-state index in [2.05, 4.69) is 21.2 Å². The van der Waals surface area contributed by atoms with Crippen LogP contribution in [0.3, 0.4) is 0 Å². The third-order valence-corrected chi connectivity index (χ3v) is 3.89. The lowest BCUT2D eigenvalue weighted by Crippen LogP contribution is -2.27. The van der Waals surface area contributed by atoms with Gasteiger partial charge in [0, 0.05) is 23.4 Å². The number of carbonyl (C=O) groups is 1. The quantitative estimate of drug-likeness (QED) is 0.718. The summed E-state index contributed by atoms with van der Waals surface area (Å²) in [4.78, 5) is 11.6. The van der Waals surface area contributed by atoms with E-state index in [1.807, 2.05) is 24.3 Å². The minimum atomic E-state index is 0.0556. The van der Waals surface area contributed by atoms with Gasteiger partial charge in [-0.25, -0.2) is 0 Å². The van der Waals surface area contributed by atoms with Crippen LogP contribution in [0.5, 0.6) is 0 Å². The highest BCUT2D eigenvalue weighted by Gasteiger charge is 2.02. The van der Waals surface area contributed by atoms with Crippen molar-refractivity contribution in [3.63, 3.8) is 0 Å². The molecule has 1 aromatic carbocycles. The van der Waals surface area contributed by atoms with Gasteiger partial charge >= 0.3 is 0 Å². The van der Waals surface area contributed by atoms with Crippen LogP contribution >= 0.6 is 27.7 Å². The number of rotatable bonds is 8. The van der Waals surface area contributed by atoms with Crippen molar-refractivity contribution < 1.29 is 9.90 Å². The Kier molecular flexibility index (Phi) is 8.13. The molecular formula is C13H18BrNO2S. The Labute approximate surface area is 120 Å². The fourth-order valence-electron chi connectivity index (χ4n) is 1.38. The largest absolute Gasteiger partial charge is 0.396 e. The van der Waals surface area contributed by atoms with Crippen molar-refractivity contribution in [1.29, 1.82) is 0 Å². The molecule has 1 amide bonds. The number of nitrogens with one attached hydrogen (secondary N) is 1. The van der Waals surface area contributed by atoms with Crippen molar-refractivity contribution in [2.24, 2.45) is 0 Å². The van der Waals surface area contributed by atoms with Crippen LogP contribution < -0.4 is 5.32 Å². The Morgan fingerprint density at radius 2 is 2.00 bits per heavy atom. The smallest absolute Gasteiger partial charge is 0.224 e. The standard InChI is InChI=1S/C13H18BrNO2S/c14-12-4-2-11(3-5-12)10-13(17)15-6-9-18-8-1-7-16/h2-5,16H,1,6-10H2,(H,15,17). The molecule has 18 heavy (non-hydrogen) atoms. The number of benzene rings is 1. The summed E-state index contributed by atoms with van der Waals surface area (Å²) in [7, 11) is 0. The van der Waals surface area contributed by atoms with Crippen LogP contribution in [0.25, 0.3) is 0 Å². The van der Waals surface area contributed by atoms with Gasteiger partial charge in [-0.2, -0.15) is 11.8 Å². The van der Waals surface area contributed by atoms with Gasteiger partial charge in [0.1, 0.15) is 0 Å². The molecule has 0 bridgehead atoms. The maximum Gasteiger partial charge on any atom is 0.224 e. The van der Waals surface area contributed by atoms with Crippen LogP contribution in [-0.2, 0) is 11.2 Å². The molecule has 0 unspecified atom stereocenters. The van der Waals surface area contributed by atoms with Gasteiger partial charge in [-0.15, -0.1) is 0 Å². The topological polar surface area (TPSA) is 49.3 Å². The summed E-state index contributed by atoms with van der Waals surface area (Å²) < 4.78 is 1.02. The van der Waals surface area contributed by atoms with Gasteiger partial charge in [-0.3, -0.25) is 4.79 Å². The molecule has 0 aromatic heterocycles. The van der Waals surface area contributed by atoms with E-state index in [-0.39, 0.29) is 12.5 Å². The van der Waals surface area contributed by atoms with E-state index in [0.717, 1.165) is 28.0 Å². The van der Waals surface area contributed by atoms with E-state index < -0.39 is 0 Å². The molecule has 0 aliphatic heterocycles. The number of halogens is 1. The monoisotopic (exact) mass is 331 g/mol. The van der Waals surface area contributed by atoms with Crippen LogP contribution in [0.1, 0.15) is 12.0 Å². The highest BCUT2D eigenvalue weighted by Crippen LogP contribution is 2.10. The molecule has 0 aliphatic rings. The Morgan fingerprint density at radius 1 is 1.28 bits per heavy atom. The normalized spacial score (nSPS) is 10.3. The van der Waals surface area contributed by atoms with Crippen molar-refractivity contribution in [3.05, 3.63) is 34.3 Å². The number of hydrogen-bond donors (Lipinski definition) is 2. The van der Waals surface area contributed by atoms with Gasteiger partial charge in [0.25, 0.3) is 0 Å². The second-order valence-corrected chi connectivity index (χ2v) is 5.98. The molecule has 100 valence electrons. The molecule has 0 saturated carbocycles. The second-order valence-electron chi connectivity index (χ2n) is 3.84. The summed E-state index contributed by atoms with van der Waals surface area (Å²) >= 11 is 5.11. The fraction of sp³-hybridized carbons (Fsp3) is 0.462. The first-order valence-corrected chi connectivity index (χ1v) is 7.87. The molecule has 1 aromatic rings. The maximum absolute atomic E-state index is 11.6. The van der Waals surface area contributed by atoms with Gasteiger partial charge in [0.2, 0.25) is 5.91 Å². The van der Waals surface area contributed by atoms with Gasteiger partial charge in [-0.1, -0.05) is 28.1 Å². The Morgan fingerprint density at radius 3 is 2.67 bits per heavy atom. The number of carbonyl (C=O) groups excluding carboxylic acids is 1. The predicted octanol–water partition coefficient (Wildman–Crippen LogP) is 2.22. The first-order valence-electron chi connectivity index (χ1n) is 5.92. The van der Waals surface area contributed by atoms with E-state index in [0.29, 0.717) is 13.0 Å². The molecule has 1 rings (SSSR count). The Hall–Kier alpha value is -0.520. The van der Waals surface area contributed by atoms with Gasteiger partial charge in [-0.05, 0) is 29.9 Å². The van der Waals surface area contributed by atoms with Crippen molar-refractivity contribution in [2.75, 3.05) is 24.7 Å². The minimum absolute atomic E-state index is 0.0556. The molecule has 5 heteroatoms. The van der Waals surface area contributed by atoms with Crippen molar-refractivity contribution in [2.45, 2.75) is 12.8 Å². The molecule has 2 N–H and O–H groups in total. The average Bonchev–Trinajstić information content (AvgIpc) is 2.36. The van der Waals surface area contributed by atoms with Gasteiger partial charge < -0.3 is 10.4 Å². The molecule has 0 spiro atoms. The lowest BCUT2D eigenvalue weighted by atomic mass is 10.1. The van der Waals surface area contributed by atoms with Crippen molar-refractivity contribution in [1.82, 2.24) is 5.32 Å². The summed E-state index contributed by atoms with van der Waals surface area (Å²) in [6, 6.07) is 7.76. The second kappa shape index (κ2) is 9.42. The lowest BCUT2D eigenvalue weighted by Gasteiger charge is -2.05. The van der Waals surface area contributed by atoms with Crippen LogP contribution in [0.15, 0.2) is 28.7 Å². The number of hydrogen-bond acceptors (Lipinski definition) is 3. The van der Waals surface area contributed by atoms with Crippen LogP contribution in [0.4, 0.5) is 0 Å². The first-order chi connectivity index (χ1) is 8.72. The van der Waals surface area contributed by atoms with E-state index in [9.17, 15) is 4.79 Å². The summed E-state index contributed by atoms with van der Waals surface area (Å²) in [5, 5.41) is 11.5. The third kappa shape index (κ3) is 7.03. The molecule has 0 atom stereocenters. The van der Waals surface area contributed by atoms with Crippen LogP contribution in [0.2, 0.25) is 0 Å². The Bertz CT molecular complexity index is 357. The number of aliphatic hydroxyl groups excluding tert-OH is 1. The first kappa shape index (κ1) is 15.5. The SMILES string of the molecule is O=C(Cc1ccc(Br)cc1)NCCSCCCO. The summed E-state index contributed by atoms with van der Waals surface area (Å²) in [6.45, 7) is 0.925. The molecular weight excluding hydrogens is 314 g/mol. The zero-order chi connectivity index (χ0) is 13.2. The fourth-order valence-corrected chi connectivity index (χ4v) is 2.43. The van der Waals surface area contributed by atoms with Gasteiger partial charge in [0.05, 0.1) is 6.42 Å². The molecule has 0 heterocycles. The van der Waals surface area contributed by atoms with Gasteiger partial charge in [0.15, 0.2) is 0 Å². The molecule has 0 fully saturated rings. The number of aliphatic hydroxyl groups is 1. The molecule has 0 saturated heterocycles. The zero-order valence-corrected chi connectivity index (χ0v) is 12.6. The average molecular weight is 332 g/mol. The van der Waals surface area contributed by atoms with E-state index in [4.69, 9.17) is 5.11 Å². The predicted molar refractivity (Wildman–Crippen MR) is 79.9 cm³/mol. The number of amides is 1. The highest BCUT2D eigenvalue weighted by atomic mass is 79.9. The van der Waals surface area contributed by atoms with Crippen molar-refractivity contribution >= 4 is 33.6 Å². The van der Waals surface area contributed by atoms with Crippen molar-refractivity contribution in [3.8, 4) is 0 Å². The van der Waals surface area contributed by atoms with Crippen LogP contribution in [0, 0.1) is 0 Å². The van der Waals surface area contributed by atoms with E-state index >= 15 is 0 Å². The van der Waals surface area contributed by atoms with E-state index in [1.54, 1.807) is 11.8 Å².